The lowest BCUT2D eigenvalue weighted by Gasteiger charge is -2.04. The average Bonchev–Trinajstić information content (AvgIpc) is 2.88. The van der Waals surface area contributed by atoms with Gasteiger partial charge in [-0.2, -0.15) is 0 Å². The van der Waals surface area contributed by atoms with Gasteiger partial charge in [0.05, 0.1) is 4.88 Å². The minimum absolute atomic E-state index is 0. The van der Waals surface area contributed by atoms with Crippen LogP contribution in [0.25, 0.3) is 0 Å². The number of hydrogen-bond donors (Lipinski definition) is 2. The van der Waals surface area contributed by atoms with Crippen LogP contribution in [0.1, 0.15) is 39.9 Å². The molecule has 0 aliphatic heterocycles. The summed E-state index contributed by atoms with van der Waals surface area (Å²) in [7, 11) is 0. The van der Waals surface area contributed by atoms with Crippen molar-refractivity contribution in [1.82, 2.24) is 10.6 Å². The normalized spacial score (nSPS) is 12.9. The standard InChI is InChI=1S/C13H20N2OS.ClH/c1-2-6-14-7-8-15-13(16)12-9-10-4-3-5-11(10)17-12;/h9,14H,2-8H2,1H3,(H,15,16);1H. The molecule has 2 rings (SSSR count). The molecular weight excluding hydrogens is 268 g/mol. The molecule has 18 heavy (non-hydrogen) atoms. The van der Waals surface area contributed by atoms with E-state index in [1.54, 1.807) is 11.3 Å². The second kappa shape index (κ2) is 7.77. The number of fused-ring (bicyclic) bond motifs is 1. The zero-order valence-corrected chi connectivity index (χ0v) is 12.4. The maximum Gasteiger partial charge on any atom is 0.261 e. The van der Waals surface area contributed by atoms with Crippen LogP contribution in [0.5, 0.6) is 0 Å². The van der Waals surface area contributed by atoms with E-state index in [2.05, 4.69) is 23.6 Å². The van der Waals surface area contributed by atoms with Crippen LogP contribution in [0.4, 0.5) is 0 Å². The first-order valence-corrected chi connectivity index (χ1v) is 7.23. The number of aryl methyl sites for hydroxylation is 2. The lowest BCUT2D eigenvalue weighted by atomic mass is 10.2. The van der Waals surface area contributed by atoms with Crippen LogP contribution in [-0.2, 0) is 12.8 Å². The number of nitrogens with one attached hydrogen (secondary N) is 2. The van der Waals surface area contributed by atoms with Crippen molar-refractivity contribution in [3.63, 3.8) is 0 Å². The van der Waals surface area contributed by atoms with Gasteiger partial charge in [0.25, 0.3) is 5.91 Å². The van der Waals surface area contributed by atoms with Crippen molar-refractivity contribution >= 4 is 29.7 Å². The van der Waals surface area contributed by atoms with Crippen molar-refractivity contribution in [3.8, 4) is 0 Å². The van der Waals surface area contributed by atoms with E-state index in [1.165, 1.54) is 16.9 Å². The summed E-state index contributed by atoms with van der Waals surface area (Å²) < 4.78 is 0. The van der Waals surface area contributed by atoms with Gasteiger partial charge in [0.15, 0.2) is 0 Å². The van der Waals surface area contributed by atoms with Gasteiger partial charge in [0, 0.05) is 18.0 Å². The van der Waals surface area contributed by atoms with E-state index >= 15 is 0 Å². The van der Waals surface area contributed by atoms with E-state index in [-0.39, 0.29) is 18.3 Å². The Bertz CT molecular complexity index is 371. The Kier molecular flexibility index (Phi) is 6.68. The monoisotopic (exact) mass is 288 g/mol. The van der Waals surface area contributed by atoms with Crippen molar-refractivity contribution in [2.45, 2.75) is 32.6 Å². The van der Waals surface area contributed by atoms with Crippen LogP contribution in [-0.4, -0.2) is 25.5 Å². The fourth-order valence-electron chi connectivity index (χ4n) is 2.09. The third kappa shape index (κ3) is 3.97. The van der Waals surface area contributed by atoms with Crippen molar-refractivity contribution in [1.29, 1.82) is 0 Å². The minimum atomic E-state index is 0. The van der Waals surface area contributed by atoms with Crippen molar-refractivity contribution in [3.05, 3.63) is 21.4 Å². The maximum absolute atomic E-state index is 11.9. The second-order valence-electron chi connectivity index (χ2n) is 4.42. The van der Waals surface area contributed by atoms with Crippen LogP contribution >= 0.6 is 23.7 Å². The molecule has 1 amide bonds. The zero-order chi connectivity index (χ0) is 12.1. The highest BCUT2D eigenvalue weighted by Gasteiger charge is 2.17. The average molecular weight is 289 g/mol. The smallest absolute Gasteiger partial charge is 0.261 e. The van der Waals surface area contributed by atoms with E-state index in [4.69, 9.17) is 0 Å². The number of amides is 1. The molecule has 0 radical (unpaired) electrons. The molecule has 0 unspecified atom stereocenters. The van der Waals surface area contributed by atoms with Crippen molar-refractivity contribution in [2.75, 3.05) is 19.6 Å². The van der Waals surface area contributed by atoms with Gasteiger partial charge in [0.1, 0.15) is 0 Å². The minimum Gasteiger partial charge on any atom is -0.350 e. The van der Waals surface area contributed by atoms with Gasteiger partial charge in [-0.1, -0.05) is 6.92 Å². The van der Waals surface area contributed by atoms with Gasteiger partial charge in [-0.3, -0.25) is 4.79 Å². The topological polar surface area (TPSA) is 41.1 Å². The van der Waals surface area contributed by atoms with E-state index in [1.807, 2.05) is 0 Å². The lowest BCUT2D eigenvalue weighted by molar-refractivity contribution is 0.0958. The van der Waals surface area contributed by atoms with Gasteiger partial charge in [0.2, 0.25) is 0 Å². The zero-order valence-electron chi connectivity index (χ0n) is 10.8. The summed E-state index contributed by atoms with van der Waals surface area (Å²) in [5.41, 5.74) is 1.39. The molecular formula is C13H21ClN2OS. The molecule has 1 aromatic heterocycles. The summed E-state index contributed by atoms with van der Waals surface area (Å²) in [6.07, 6.45) is 4.69. The van der Waals surface area contributed by atoms with Gasteiger partial charge < -0.3 is 10.6 Å². The summed E-state index contributed by atoms with van der Waals surface area (Å²) in [6.45, 7) is 4.72. The molecule has 5 heteroatoms. The first-order valence-electron chi connectivity index (χ1n) is 6.41. The van der Waals surface area contributed by atoms with E-state index < -0.39 is 0 Å². The molecule has 1 aliphatic carbocycles. The second-order valence-corrected chi connectivity index (χ2v) is 5.56. The summed E-state index contributed by atoms with van der Waals surface area (Å²) in [5.74, 6) is 0.0858. The third-order valence-corrected chi connectivity index (χ3v) is 4.22. The third-order valence-electron chi connectivity index (χ3n) is 2.98. The Morgan fingerprint density at radius 1 is 1.33 bits per heavy atom. The van der Waals surface area contributed by atoms with Gasteiger partial charge in [-0.05, 0) is 43.9 Å². The number of carbonyl (C=O) groups excluding carboxylic acids is 1. The highest BCUT2D eigenvalue weighted by atomic mass is 35.5. The van der Waals surface area contributed by atoms with Gasteiger partial charge >= 0.3 is 0 Å². The van der Waals surface area contributed by atoms with Crippen LogP contribution in [0.2, 0.25) is 0 Å². The van der Waals surface area contributed by atoms with Crippen LogP contribution in [0.15, 0.2) is 6.07 Å². The molecule has 0 saturated carbocycles. The molecule has 2 N–H and O–H groups in total. The molecule has 0 atom stereocenters. The predicted molar refractivity (Wildman–Crippen MR) is 79.1 cm³/mol. The summed E-state index contributed by atoms with van der Waals surface area (Å²) in [4.78, 5) is 14.2. The highest BCUT2D eigenvalue weighted by molar-refractivity contribution is 7.14. The maximum atomic E-state index is 11.9. The largest absolute Gasteiger partial charge is 0.350 e. The number of hydrogen-bond acceptors (Lipinski definition) is 3. The van der Waals surface area contributed by atoms with Gasteiger partial charge in [-0.25, -0.2) is 0 Å². The molecule has 1 aromatic rings. The van der Waals surface area contributed by atoms with Crippen LogP contribution in [0.3, 0.4) is 0 Å². The number of rotatable bonds is 6. The Balaban J connectivity index is 0.00000162. The van der Waals surface area contributed by atoms with Crippen molar-refractivity contribution in [2.24, 2.45) is 0 Å². The first kappa shape index (κ1) is 15.5. The quantitative estimate of drug-likeness (QED) is 0.789. The molecule has 0 spiro atoms. The van der Waals surface area contributed by atoms with Crippen LogP contribution in [0, 0.1) is 0 Å². The Labute approximate surface area is 119 Å². The molecule has 102 valence electrons. The Morgan fingerprint density at radius 3 is 2.89 bits per heavy atom. The Hall–Kier alpha value is -0.580. The highest BCUT2D eigenvalue weighted by Crippen LogP contribution is 2.30. The molecule has 1 heterocycles. The van der Waals surface area contributed by atoms with E-state index in [0.29, 0.717) is 6.54 Å². The number of thiophene rings is 1. The van der Waals surface area contributed by atoms with Crippen LogP contribution < -0.4 is 10.6 Å². The SMILES string of the molecule is CCCNCCNC(=O)c1cc2c(s1)CCC2.Cl. The molecule has 1 aliphatic rings. The van der Waals surface area contributed by atoms with Gasteiger partial charge in [-0.15, -0.1) is 23.7 Å². The molecule has 3 nitrogen and oxygen atoms in total. The first-order chi connectivity index (χ1) is 8.31. The van der Waals surface area contributed by atoms with E-state index in [9.17, 15) is 4.79 Å². The molecule has 0 aromatic carbocycles. The number of halogens is 1. The molecule has 0 bridgehead atoms. The van der Waals surface area contributed by atoms with E-state index in [0.717, 1.165) is 37.2 Å². The summed E-state index contributed by atoms with van der Waals surface area (Å²) >= 11 is 1.67. The van der Waals surface area contributed by atoms with Crippen molar-refractivity contribution < 1.29 is 4.79 Å². The fourth-order valence-corrected chi connectivity index (χ4v) is 3.26. The fraction of sp³-hybridized carbons (Fsp3) is 0.615. The summed E-state index contributed by atoms with van der Waals surface area (Å²) in [5, 5.41) is 6.23. The number of carbonyl (C=O) groups is 1. The summed E-state index contributed by atoms with van der Waals surface area (Å²) in [6, 6.07) is 2.07. The predicted octanol–water partition coefficient (Wildman–Crippen LogP) is 2.39. The lowest BCUT2D eigenvalue weighted by Crippen LogP contribution is -2.31. The molecule has 0 fully saturated rings. The molecule has 0 saturated heterocycles. The Morgan fingerprint density at radius 2 is 2.17 bits per heavy atom.